The topological polar surface area (TPSA) is 39.7 Å². The number of ether oxygens (including phenoxy) is 3. The van der Waals surface area contributed by atoms with E-state index in [0.717, 1.165) is 12.2 Å². The average molecular weight is 267 g/mol. The van der Waals surface area contributed by atoms with Gasteiger partial charge in [-0.25, -0.2) is 0 Å². The van der Waals surface area contributed by atoms with Gasteiger partial charge < -0.3 is 19.5 Å². The first kappa shape index (κ1) is 16.0. The Balaban J connectivity index is 2.22. The minimum absolute atomic E-state index is 0.334. The molecule has 108 valence electrons. The summed E-state index contributed by atoms with van der Waals surface area (Å²) in [5.41, 5.74) is 1.23. The maximum absolute atomic E-state index is 5.71. The van der Waals surface area contributed by atoms with Crippen LogP contribution in [0, 0.1) is 0 Å². The van der Waals surface area contributed by atoms with Crippen molar-refractivity contribution in [2.45, 2.75) is 19.4 Å². The highest BCUT2D eigenvalue weighted by atomic mass is 16.5. The third-order valence-electron chi connectivity index (χ3n) is 2.92. The predicted octanol–water partition coefficient (Wildman–Crippen LogP) is 2.40. The van der Waals surface area contributed by atoms with Crippen molar-refractivity contribution >= 4 is 0 Å². The van der Waals surface area contributed by atoms with Gasteiger partial charge in [0, 0.05) is 26.2 Å². The zero-order chi connectivity index (χ0) is 13.9. The fraction of sp³-hybridized carbons (Fsp3) is 0.600. The second kappa shape index (κ2) is 9.78. The van der Waals surface area contributed by atoms with Crippen molar-refractivity contribution in [3.63, 3.8) is 0 Å². The lowest BCUT2D eigenvalue weighted by molar-refractivity contribution is 0.0644. The standard InChI is InChI=1S/C15H25NO3/c1-13(16-2)14-6-4-7-15(12-14)19-9-5-8-18-11-10-17-3/h4,6-7,12-13,16H,5,8-11H2,1-3H3. The Morgan fingerprint density at radius 2 is 2.00 bits per heavy atom. The minimum atomic E-state index is 0.334. The molecule has 0 aliphatic carbocycles. The Morgan fingerprint density at radius 1 is 1.16 bits per heavy atom. The largest absolute Gasteiger partial charge is 0.493 e. The second-order valence-corrected chi connectivity index (χ2v) is 4.39. The number of nitrogens with one attached hydrogen (secondary N) is 1. The fourth-order valence-electron chi connectivity index (χ4n) is 1.64. The zero-order valence-corrected chi connectivity index (χ0v) is 12.1. The number of hydrogen-bond donors (Lipinski definition) is 1. The molecule has 0 amide bonds. The highest BCUT2D eigenvalue weighted by Crippen LogP contribution is 2.18. The third kappa shape index (κ3) is 6.57. The lowest BCUT2D eigenvalue weighted by atomic mass is 10.1. The maximum atomic E-state index is 5.71. The van der Waals surface area contributed by atoms with E-state index in [1.54, 1.807) is 7.11 Å². The predicted molar refractivity (Wildman–Crippen MR) is 76.7 cm³/mol. The third-order valence-corrected chi connectivity index (χ3v) is 2.92. The highest BCUT2D eigenvalue weighted by molar-refractivity contribution is 5.30. The molecular weight excluding hydrogens is 242 g/mol. The minimum Gasteiger partial charge on any atom is -0.493 e. The molecule has 0 aliphatic heterocycles. The van der Waals surface area contributed by atoms with Crippen molar-refractivity contribution in [1.29, 1.82) is 0 Å². The van der Waals surface area contributed by atoms with E-state index in [1.165, 1.54) is 5.56 Å². The van der Waals surface area contributed by atoms with Gasteiger partial charge in [0.1, 0.15) is 5.75 Å². The normalized spacial score (nSPS) is 12.4. The Bertz CT molecular complexity index is 344. The number of rotatable bonds is 10. The van der Waals surface area contributed by atoms with Gasteiger partial charge in [0.2, 0.25) is 0 Å². The molecule has 0 bridgehead atoms. The summed E-state index contributed by atoms with van der Waals surface area (Å²) in [6.45, 7) is 4.79. The van der Waals surface area contributed by atoms with Gasteiger partial charge in [0.05, 0.1) is 19.8 Å². The lowest BCUT2D eigenvalue weighted by Crippen LogP contribution is -2.12. The van der Waals surface area contributed by atoms with E-state index in [9.17, 15) is 0 Å². The van der Waals surface area contributed by atoms with Gasteiger partial charge in [-0.05, 0) is 31.7 Å². The van der Waals surface area contributed by atoms with Crippen LogP contribution < -0.4 is 10.1 Å². The molecule has 0 spiro atoms. The summed E-state index contributed by atoms with van der Waals surface area (Å²) in [6.07, 6.45) is 0.884. The molecule has 1 aromatic rings. The summed E-state index contributed by atoms with van der Waals surface area (Å²) >= 11 is 0. The van der Waals surface area contributed by atoms with Crippen molar-refractivity contribution < 1.29 is 14.2 Å². The SMILES string of the molecule is CNC(C)c1cccc(OCCCOCCOC)c1. The molecule has 1 aromatic carbocycles. The van der Waals surface area contributed by atoms with Crippen LogP contribution in [-0.4, -0.2) is 40.6 Å². The average Bonchev–Trinajstić information content (AvgIpc) is 2.46. The lowest BCUT2D eigenvalue weighted by Gasteiger charge is -2.12. The summed E-state index contributed by atoms with van der Waals surface area (Å²) in [4.78, 5) is 0. The molecule has 0 saturated carbocycles. The van der Waals surface area contributed by atoms with Gasteiger partial charge in [-0.3, -0.25) is 0 Å². The molecular formula is C15H25NO3. The maximum Gasteiger partial charge on any atom is 0.119 e. The van der Waals surface area contributed by atoms with Gasteiger partial charge in [0.25, 0.3) is 0 Å². The van der Waals surface area contributed by atoms with Crippen LogP contribution in [0.5, 0.6) is 5.75 Å². The smallest absolute Gasteiger partial charge is 0.119 e. The second-order valence-electron chi connectivity index (χ2n) is 4.39. The van der Waals surface area contributed by atoms with E-state index in [4.69, 9.17) is 14.2 Å². The van der Waals surface area contributed by atoms with Gasteiger partial charge >= 0.3 is 0 Å². The summed E-state index contributed by atoms with van der Waals surface area (Å²) in [5.74, 6) is 0.913. The summed E-state index contributed by atoms with van der Waals surface area (Å²) < 4.78 is 16.0. The number of hydrogen-bond acceptors (Lipinski definition) is 4. The van der Waals surface area contributed by atoms with Crippen LogP contribution in [-0.2, 0) is 9.47 Å². The molecule has 1 rings (SSSR count). The Hall–Kier alpha value is -1.10. The first-order valence-corrected chi connectivity index (χ1v) is 6.74. The quantitative estimate of drug-likeness (QED) is 0.661. The van der Waals surface area contributed by atoms with E-state index in [0.29, 0.717) is 32.5 Å². The van der Waals surface area contributed by atoms with Crippen LogP contribution in [0.25, 0.3) is 0 Å². The van der Waals surface area contributed by atoms with E-state index >= 15 is 0 Å². The Morgan fingerprint density at radius 3 is 2.74 bits per heavy atom. The molecule has 0 radical (unpaired) electrons. The van der Waals surface area contributed by atoms with Gasteiger partial charge in [-0.2, -0.15) is 0 Å². The Labute approximate surface area is 116 Å². The van der Waals surface area contributed by atoms with Crippen LogP contribution in [0.4, 0.5) is 0 Å². The van der Waals surface area contributed by atoms with Crippen molar-refractivity contribution in [3.05, 3.63) is 29.8 Å². The Kier molecular flexibility index (Phi) is 8.21. The first-order valence-electron chi connectivity index (χ1n) is 6.74. The molecule has 4 nitrogen and oxygen atoms in total. The number of benzene rings is 1. The van der Waals surface area contributed by atoms with Crippen LogP contribution in [0.15, 0.2) is 24.3 Å². The van der Waals surface area contributed by atoms with E-state index in [1.807, 2.05) is 19.2 Å². The fourth-order valence-corrected chi connectivity index (χ4v) is 1.64. The van der Waals surface area contributed by atoms with Crippen molar-refractivity contribution in [2.75, 3.05) is 40.6 Å². The summed E-state index contributed by atoms with van der Waals surface area (Å²) in [7, 11) is 3.63. The molecule has 1 atom stereocenters. The molecule has 19 heavy (non-hydrogen) atoms. The molecule has 1 N–H and O–H groups in total. The summed E-state index contributed by atoms with van der Waals surface area (Å²) in [5, 5.41) is 3.22. The van der Waals surface area contributed by atoms with Gasteiger partial charge in [0.15, 0.2) is 0 Å². The van der Waals surface area contributed by atoms with E-state index < -0.39 is 0 Å². The monoisotopic (exact) mass is 267 g/mol. The van der Waals surface area contributed by atoms with Crippen LogP contribution >= 0.6 is 0 Å². The van der Waals surface area contributed by atoms with Crippen LogP contribution in [0.2, 0.25) is 0 Å². The zero-order valence-electron chi connectivity index (χ0n) is 12.1. The van der Waals surface area contributed by atoms with Gasteiger partial charge in [-0.1, -0.05) is 12.1 Å². The first-order chi connectivity index (χ1) is 9.27. The molecule has 0 aromatic heterocycles. The molecule has 0 heterocycles. The van der Waals surface area contributed by atoms with Gasteiger partial charge in [-0.15, -0.1) is 0 Å². The molecule has 4 heteroatoms. The molecule has 0 fully saturated rings. The molecule has 1 unspecified atom stereocenters. The van der Waals surface area contributed by atoms with E-state index in [2.05, 4.69) is 24.4 Å². The molecule has 0 aliphatic rings. The van der Waals surface area contributed by atoms with E-state index in [-0.39, 0.29) is 0 Å². The van der Waals surface area contributed by atoms with Crippen molar-refractivity contribution in [2.24, 2.45) is 0 Å². The number of methoxy groups -OCH3 is 1. The van der Waals surface area contributed by atoms with Crippen molar-refractivity contribution in [1.82, 2.24) is 5.32 Å². The van der Waals surface area contributed by atoms with Crippen LogP contribution in [0.3, 0.4) is 0 Å². The summed E-state index contributed by atoms with van der Waals surface area (Å²) in [6, 6.07) is 8.51. The van der Waals surface area contributed by atoms with Crippen molar-refractivity contribution in [3.8, 4) is 5.75 Å². The molecule has 0 saturated heterocycles. The highest BCUT2D eigenvalue weighted by Gasteiger charge is 2.03. The van der Waals surface area contributed by atoms with Crippen LogP contribution in [0.1, 0.15) is 24.9 Å².